The Kier molecular flexibility index (Phi) is 6.69. The predicted octanol–water partition coefficient (Wildman–Crippen LogP) is 7.17. The Hall–Kier alpha value is -0.890. The van der Waals surface area contributed by atoms with Crippen LogP contribution < -0.4 is 0 Å². The highest BCUT2D eigenvalue weighted by molar-refractivity contribution is 9.09. The second-order valence-corrected chi connectivity index (χ2v) is 6.81. The normalized spacial score (nSPS) is 12.7. The van der Waals surface area contributed by atoms with Crippen LogP contribution in [0, 0.1) is 5.82 Å². The molecule has 0 N–H and O–H groups in total. The van der Waals surface area contributed by atoms with E-state index in [4.69, 9.17) is 0 Å². The van der Waals surface area contributed by atoms with Crippen molar-refractivity contribution < 1.29 is 4.39 Å². The van der Waals surface area contributed by atoms with Gasteiger partial charge in [-0.15, -0.1) is 0 Å². The van der Waals surface area contributed by atoms with Crippen LogP contribution in [0.15, 0.2) is 36.4 Å². The van der Waals surface area contributed by atoms with Gasteiger partial charge in [-0.25, -0.2) is 4.39 Å². The van der Waals surface area contributed by atoms with Crippen molar-refractivity contribution in [3.63, 3.8) is 0 Å². The first kappa shape index (κ1) is 16.5. The van der Waals surface area contributed by atoms with Crippen LogP contribution in [0.25, 0.3) is 10.8 Å². The number of fused-ring (bicyclic) bond motifs is 1. The third kappa shape index (κ3) is 4.54. The standard InChI is InChI=1S/C19H24BrF/c1-2-3-4-5-6-7-12-18(20)16-13-14-19(21)17-11-9-8-10-15(16)17/h8-11,13-14,18H,2-7,12H2,1H3. The van der Waals surface area contributed by atoms with E-state index in [0.717, 1.165) is 17.2 Å². The number of rotatable bonds is 8. The van der Waals surface area contributed by atoms with E-state index in [1.54, 1.807) is 6.07 Å². The van der Waals surface area contributed by atoms with E-state index in [-0.39, 0.29) is 5.82 Å². The molecule has 0 nitrogen and oxygen atoms in total. The van der Waals surface area contributed by atoms with Gasteiger partial charge in [0, 0.05) is 10.2 Å². The maximum atomic E-state index is 13.8. The Balaban J connectivity index is 1.97. The summed E-state index contributed by atoms with van der Waals surface area (Å²) in [6.45, 7) is 2.24. The summed E-state index contributed by atoms with van der Waals surface area (Å²) in [6, 6.07) is 11.3. The van der Waals surface area contributed by atoms with E-state index in [0.29, 0.717) is 4.83 Å². The molecule has 114 valence electrons. The minimum absolute atomic E-state index is 0.131. The Morgan fingerprint density at radius 2 is 1.57 bits per heavy atom. The summed E-state index contributed by atoms with van der Waals surface area (Å²) >= 11 is 3.79. The number of alkyl halides is 1. The fraction of sp³-hybridized carbons (Fsp3) is 0.474. The van der Waals surface area contributed by atoms with Gasteiger partial charge >= 0.3 is 0 Å². The van der Waals surface area contributed by atoms with Crippen molar-refractivity contribution in [2.75, 3.05) is 0 Å². The summed E-state index contributed by atoms with van der Waals surface area (Å²) in [5.41, 5.74) is 1.21. The molecule has 2 heteroatoms. The van der Waals surface area contributed by atoms with Crippen molar-refractivity contribution in [2.45, 2.75) is 56.7 Å². The number of halogens is 2. The van der Waals surface area contributed by atoms with Gasteiger partial charge in [-0.2, -0.15) is 0 Å². The zero-order chi connectivity index (χ0) is 15.1. The third-order valence-electron chi connectivity index (χ3n) is 4.05. The lowest BCUT2D eigenvalue weighted by molar-refractivity contribution is 0.588. The molecule has 0 bridgehead atoms. The Labute approximate surface area is 135 Å². The second-order valence-electron chi connectivity index (χ2n) is 5.71. The first-order chi connectivity index (χ1) is 10.2. The van der Waals surface area contributed by atoms with Gasteiger partial charge in [0.2, 0.25) is 0 Å². The van der Waals surface area contributed by atoms with E-state index in [1.807, 2.05) is 30.3 Å². The van der Waals surface area contributed by atoms with Crippen LogP contribution in [0.5, 0.6) is 0 Å². The van der Waals surface area contributed by atoms with Crippen molar-refractivity contribution in [1.82, 2.24) is 0 Å². The number of unbranched alkanes of at least 4 members (excludes halogenated alkanes) is 5. The molecule has 0 aliphatic carbocycles. The SMILES string of the molecule is CCCCCCCCC(Br)c1ccc(F)c2ccccc12. The molecule has 0 radical (unpaired) electrons. The van der Waals surface area contributed by atoms with Crippen molar-refractivity contribution in [3.8, 4) is 0 Å². The molecule has 0 saturated heterocycles. The zero-order valence-electron chi connectivity index (χ0n) is 12.7. The van der Waals surface area contributed by atoms with Crippen LogP contribution in [0.1, 0.15) is 62.3 Å². The summed E-state index contributed by atoms with van der Waals surface area (Å²) in [5.74, 6) is -0.131. The smallest absolute Gasteiger partial charge is 0.131 e. The molecule has 2 aromatic rings. The monoisotopic (exact) mass is 350 g/mol. The largest absolute Gasteiger partial charge is 0.206 e. The molecule has 0 saturated carbocycles. The zero-order valence-corrected chi connectivity index (χ0v) is 14.3. The number of hydrogen-bond donors (Lipinski definition) is 0. The molecule has 0 aliphatic heterocycles. The van der Waals surface area contributed by atoms with Crippen LogP contribution in [0.4, 0.5) is 4.39 Å². The van der Waals surface area contributed by atoms with Crippen molar-refractivity contribution in [2.24, 2.45) is 0 Å². The highest BCUT2D eigenvalue weighted by atomic mass is 79.9. The van der Waals surface area contributed by atoms with E-state index < -0.39 is 0 Å². The Bertz CT molecular complexity index is 564. The minimum atomic E-state index is -0.131. The van der Waals surface area contributed by atoms with Crippen molar-refractivity contribution in [1.29, 1.82) is 0 Å². The van der Waals surface area contributed by atoms with Crippen LogP contribution in [0.3, 0.4) is 0 Å². The molecule has 0 amide bonds. The van der Waals surface area contributed by atoms with Gasteiger partial charge in [0.15, 0.2) is 0 Å². The lowest BCUT2D eigenvalue weighted by atomic mass is 9.98. The topological polar surface area (TPSA) is 0 Å². The Morgan fingerprint density at radius 3 is 2.33 bits per heavy atom. The van der Waals surface area contributed by atoms with E-state index in [9.17, 15) is 4.39 Å². The Morgan fingerprint density at radius 1 is 0.905 bits per heavy atom. The maximum Gasteiger partial charge on any atom is 0.131 e. The summed E-state index contributed by atoms with van der Waals surface area (Å²) in [5, 5.41) is 1.76. The minimum Gasteiger partial charge on any atom is -0.206 e. The van der Waals surface area contributed by atoms with Crippen LogP contribution >= 0.6 is 15.9 Å². The second kappa shape index (κ2) is 8.53. The number of hydrogen-bond acceptors (Lipinski definition) is 0. The van der Waals surface area contributed by atoms with Crippen LogP contribution in [-0.4, -0.2) is 0 Å². The highest BCUT2D eigenvalue weighted by Gasteiger charge is 2.12. The van der Waals surface area contributed by atoms with Gasteiger partial charge in [0.25, 0.3) is 0 Å². The van der Waals surface area contributed by atoms with Gasteiger partial charge in [-0.3, -0.25) is 0 Å². The van der Waals surface area contributed by atoms with Crippen molar-refractivity contribution >= 4 is 26.7 Å². The summed E-state index contributed by atoms with van der Waals surface area (Å²) in [4.78, 5) is 0.314. The third-order valence-corrected chi connectivity index (χ3v) is 5.00. The van der Waals surface area contributed by atoms with E-state index >= 15 is 0 Å². The molecule has 0 fully saturated rings. The molecule has 0 aliphatic rings. The summed E-state index contributed by atoms with van der Waals surface area (Å²) in [7, 11) is 0. The molecule has 21 heavy (non-hydrogen) atoms. The fourth-order valence-electron chi connectivity index (χ4n) is 2.82. The first-order valence-corrected chi connectivity index (χ1v) is 8.96. The quantitative estimate of drug-likeness (QED) is 0.349. The molecule has 0 spiro atoms. The summed E-state index contributed by atoms with van der Waals surface area (Å²) < 4.78 is 13.8. The van der Waals surface area contributed by atoms with Gasteiger partial charge in [0.05, 0.1) is 0 Å². The number of benzene rings is 2. The van der Waals surface area contributed by atoms with Gasteiger partial charge in [-0.1, -0.05) is 91.7 Å². The van der Waals surface area contributed by atoms with Crippen LogP contribution in [-0.2, 0) is 0 Å². The molecule has 2 rings (SSSR count). The average molecular weight is 351 g/mol. The van der Waals surface area contributed by atoms with E-state index in [2.05, 4.69) is 22.9 Å². The molecular formula is C19H24BrF. The molecule has 0 aromatic heterocycles. The highest BCUT2D eigenvalue weighted by Crippen LogP contribution is 2.34. The maximum absolute atomic E-state index is 13.8. The van der Waals surface area contributed by atoms with Gasteiger partial charge in [-0.05, 0) is 23.4 Å². The molecular weight excluding hydrogens is 327 g/mol. The first-order valence-electron chi connectivity index (χ1n) is 8.05. The molecule has 2 aromatic carbocycles. The van der Waals surface area contributed by atoms with Gasteiger partial charge in [0.1, 0.15) is 5.82 Å². The molecule has 1 atom stereocenters. The lowest BCUT2D eigenvalue weighted by Crippen LogP contribution is -1.94. The molecule has 0 heterocycles. The van der Waals surface area contributed by atoms with Crippen molar-refractivity contribution in [3.05, 3.63) is 47.8 Å². The fourth-order valence-corrected chi connectivity index (χ4v) is 3.54. The lowest BCUT2D eigenvalue weighted by Gasteiger charge is -2.13. The van der Waals surface area contributed by atoms with E-state index in [1.165, 1.54) is 44.1 Å². The predicted molar refractivity (Wildman–Crippen MR) is 93.6 cm³/mol. The van der Waals surface area contributed by atoms with Crippen LogP contribution in [0.2, 0.25) is 0 Å². The average Bonchev–Trinajstić information content (AvgIpc) is 2.51. The van der Waals surface area contributed by atoms with Gasteiger partial charge < -0.3 is 0 Å². The molecule has 1 unspecified atom stereocenters. The summed E-state index contributed by atoms with van der Waals surface area (Å²) in [6.07, 6.45) is 8.96.